The number of hydrogen-bond acceptors (Lipinski definition) is 7. The molecule has 1 aromatic carbocycles. The molecule has 0 saturated carbocycles. The lowest BCUT2D eigenvalue weighted by atomic mass is 10.0. The van der Waals surface area contributed by atoms with E-state index in [1.165, 1.54) is 11.3 Å². The largest absolute Gasteiger partial charge is 0.369 e. The Balaban J connectivity index is 1.36. The molecule has 4 heterocycles. The van der Waals surface area contributed by atoms with Crippen LogP contribution >= 0.6 is 11.3 Å². The van der Waals surface area contributed by atoms with Crippen molar-refractivity contribution in [1.82, 2.24) is 24.5 Å². The maximum Gasteiger partial charge on any atom is 0.275 e. The number of nitrogens with two attached hydrogens (primary N) is 1. The molecular formula is C21H22FN7O2S. The number of nitrogens with zero attached hydrogens (tertiary/aromatic N) is 5. The molecule has 1 saturated heterocycles. The molecule has 3 atom stereocenters. The van der Waals surface area contributed by atoms with E-state index in [1.807, 2.05) is 24.3 Å². The number of fused-ring (bicyclic) bond motifs is 1. The Bertz CT molecular complexity index is 1250. The molecule has 5 rings (SSSR count). The summed E-state index contributed by atoms with van der Waals surface area (Å²) in [7, 11) is 1.76. The number of carbonyl (C=O) groups is 1. The highest BCUT2D eigenvalue weighted by atomic mass is 32.1. The molecule has 3 aromatic heterocycles. The standard InChI is InChI=1S/C21H22FN7O2S/c1-28-19(18-7-6-14(23)13(22)10-31-18)15(9-24-28)26-20(30)16-11-32-21(27-16)29-17-5-3-2-4-12(17)8-25-29/h2-5,8-9,11,13-14,18H,6-7,10,23H2,1H3,(H,26,30)/t13-,14?,18+/m1/s1. The van der Waals surface area contributed by atoms with Crippen LogP contribution in [-0.4, -0.2) is 49.3 Å². The molecular weight excluding hydrogens is 433 g/mol. The molecule has 0 spiro atoms. The highest BCUT2D eigenvalue weighted by molar-refractivity contribution is 7.12. The Labute approximate surface area is 187 Å². The Hall–Kier alpha value is -3.15. The van der Waals surface area contributed by atoms with Gasteiger partial charge in [0.1, 0.15) is 18.0 Å². The molecule has 1 aliphatic rings. The normalized spacial score (nSPS) is 21.5. The van der Waals surface area contributed by atoms with Crippen molar-refractivity contribution in [3.05, 3.63) is 53.4 Å². The number of amides is 1. The van der Waals surface area contributed by atoms with Crippen molar-refractivity contribution < 1.29 is 13.9 Å². The number of aromatic nitrogens is 5. The minimum atomic E-state index is -1.21. The summed E-state index contributed by atoms with van der Waals surface area (Å²) in [5, 5.41) is 14.8. The number of rotatable bonds is 4. The average Bonchev–Trinajstić information content (AvgIpc) is 3.50. The van der Waals surface area contributed by atoms with Crippen LogP contribution in [0.2, 0.25) is 0 Å². The second kappa shape index (κ2) is 8.41. The lowest BCUT2D eigenvalue weighted by Crippen LogP contribution is -2.32. The quantitative estimate of drug-likeness (QED) is 0.489. The third kappa shape index (κ3) is 3.78. The van der Waals surface area contributed by atoms with Crippen LogP contribution in [-0.2, 0) is 11.8 Å². The Morgan fingerprint density at radius 3 is 3.00 bits per heavy atom. The van der Waals surface area contributed by atoms with Gasteiger partial charge in [-0.05, 0) is 18.9 Å². The fourth-order valence-corrected chi connectivity index (χ4v) is 4.63. The fourth-order valence-electron chi connectivity index (χ4n) is 3.86. The van der Waals surface area contributed by atoms with Gasteiger partial charge in [0, 0.05) is 23.9 Å². The number of ether oxygens (including phenoxy) is 1. The van der Waals surface area contributed by atoms with Crippen molar-refractivity contribution in [3.63, 3.8) is 0 Å². The summed E-state index contributed by atoms with van der Waals surface area (Å²) < 4.78 is 23.0. The predicted molar refractivity (Wildman–Crippen MR) is 119 cm³/mol. The van der Waals surface area contributed by atoms with Crippen LogP contribution in [0.5, 0.6) is 0 Å². The van der Waals surface area contributed by atoms with Crippen LogP contribution in [0.4, 0.5) is 10.1 Å². The van der Waals surface area contributed by atoms with Crippen molar-refractivity contribution in [2.75, 3.05) is 11.9 Å². The van der Waals surface area contributed by atoms with E-state index < -0.39 is 18.3 Å². The summed E-state index contributed by atoms with van der Waals surface area (Å²) in [6.45, 7) is -0.0856. The van der Waals surface area contributed by atoms with Gasteiger partial charge in [-0.15, -0.1) is 11.3 Å². The van der Waals surface area contributed by atoms with Crippen LogP contribution in [0.15, 0.2) is 42.0 Å². The van der Waals surface area contributed by atoms with Crippen molar-refractivity contribution in [3.8, 4) is 5.13 Å². The van der Waals surface area contributed by atoms with Gasteiger partial charge in [-0.3, -0.25) is 9.48 Å². The summed E-state index contributed by atoms with van der Waals surface area (Å²) in [4.78, 5) is 17.4. The Kier molecular flexibility index (Phi) is 5.45. The third-order valence-electron chi connectivity index (χ3n) is 5.60. The first-order valence-corrected chi connectivity index (χ1v) is 11.1. The predicted octanol–water partition coefficient (Wildman–Crippen LogP) is 2.98. The van der Waals surface area contributed by atoms with E-state index in [2.05, 4.69) is 20.5 Å². The van der Waals surface area contributed by atoms with Crippen LogP contribution in [0.25, 0.3) is 16.0 Å². The zero-order chi connectivity index (χ0) is 22.2. The molecule has 4 aromatic rings. The molecule has 0 bridgehead atoms. The van der Waals surface area contributed by atoms with Crippen molar-refractivity contribution >= 4 is 33.8 Å². The summed E-state index contributed by atoms with van der Waals surface area (Å²) >= 11 is 1.33. The summed E-state index contributed by atoms with van der Waals surface area (Å²) in [5.74, 6) is -0.369. The molecule has 0 aliphatic carbocycles. The van der Waals surface area contributed by atoms with E-state index in [4.69, 9.17) is 10.5 Å². The van der Waals surface area contributed by atoms with Gasteiger partial charge >= 0.3 is 0 Å². The number of anilines is 1. The number of benzene rings is 1. The fraction of sp³-hybridized carbons (Fsp3) is 0.333. The van der Waals surface area contributed by atoms with Crippen molar-refractivity contribution in [2.45, 2.75) is 31.2 Å². The van der Waals surface area contributed by atoms with Crippen LogP contribution in [0, 0.1) is 0 Å². The van der Waals surface area contributed by atoms with Gasteiger partial charge in [0.25, 0.3) is 5.91 Å². The molecule has 9 nitrogen and oxygen atoms in total. The topological polar surface area (TPSA) is 113 Å². The van der Waals surface area contributed by atoms with Crippen LogP contribution < -0.4 is 11.1 Å². The van der Waals surface area contributed by atoms with Gasteiger partial charge in [-0.1, -0.05) is 18.2 Å². The second-order valence-electron chi connectivity index (χ2n) is 7.73. The first kappa shape index (κ1) is 20.7. The zero-order valence-electron chi connectivity index (χ0n) is 17.3. The highest BCUT2D eigenvalue weighted by Gasteiger charge is 2.30. The van der Waals surface area contributed by atoms with Gasteiger partial charge in [-0.2, -0.15) is 10.2 Å². The SMILES string of the molecule is Cn1ncc(NC(=O)c2csc(-n3ncc4ccccc43)n2)c1[C@@H]1CCC(N)[C@H](F)CO1. The van der Waals surface area contributed by atoms with E-state index in [1.54, 1.807) is 34.2 Å². The van der Waals surface area contributed by atoms with Gasteiger partial charge in [0.05, 0.1) is 35.9 Å². The smallest absolute Gasteiger partial charge is 0.275 e. The first-order chi connectivity index (χ1) is 15.5. The second-order valence-corrected chi connectivity index (χ2v) is 8.57. The number of nitrogens with one attached hydrogen (secondary N) is 1. The number of alkyl halides is 1. The van der Waals surface area contributed by atoms with Gasteiger partial charge < -0.3 is 15.8 Å². The van der Waals surface area contributed by atoms with Crippen LogP contribution in [0.3, 0.4) is 0 Å². The molecule has 1 fully saturated rings. The van der Waals surface area contributed by atoms with E-state index in [0.717, 1.165) is 10.9 Å². The number of halogens is 1. The monoisotopic (exact) mass is 455 g/mol. The number of hydrogen-bond donors (Lipinski definition) is 2. The van der Waals surface area contributed by atoms with Crippen molar-refractivity contribution in [1.29, 1.82) is 0 Å². The lowest BCUT2D eigenvalue weighted by molar-refractivity contribution is 0.0247. The first-order valence-electron chi connectivity index (χ1n) is 10.2. The molecule has 32 heavy (non-hydrogen) atoms. The molecule has 1 aliphatic heterocycles. The molecule has 1 unspecified atom stereocenters. The zero-order valence-corrected chi connectivity index (χ0v) is 18.1. The van der Waals surface area contributed by atoms with E-state index >= 15 is 0 Å². The van der Waals surface area contributed by atoms with Crippen molar-refractivity contribution in [2.24, 2.45) is 12.8 Å². The molecule has 3 N–H and O–H groups in total. The maximum atomic E-state index is 13.9. The maximum absolute atomic E-state index is 13.9. The van der Waals surface area contributed by atoms with E-state index in [0.29, 0.717) is 29.4 Å². The number of para-hydroxylation sites is 1. The average molecular weight is 456 g/mol. The van der Waals surface area contributed by atoms with Gasteiger partial charge in [0.15, 0.2) is 0 Å². The Morgan fingerprint density at radius 1 is 1.28 bits per heavy atom. The number of carbonyl (C=O) groups excluding carboxylic acids is 1. The Morgan fingerprint density at radius 2 is 2.12 bits per heavy atom. The van der Waals surface area contributed by atoms with E-state index in [9.17, 15) is 9.18 Å². The number of aryl methyl sites for hydroxylation is 1. The molecule has 1 amide bonds. The molecule has 11 heteroatoms. The van der Waals surface area contributed by atoms with Gasteiger partial charge in [-0.25, -0.2) is 14.1 Å². The third-order valence-corrected chi connectivity index (χ3v) is 6.42. The lowest BCUT2D eigenvalue weighted by Gasteiger charge is -2.17. The summed E-state index contributed by atoms with van der Waals surface area (Å²) in [6, 6.07) is 7.24. The van der Waals surface area contributed by atoms with Crippen LogP contribution in [0.1, 0.15) is 35.1 Å². The minimum absolute atomic E-state index is 0.0856. The summed E-state index contributed by atoms with van der Waals surface area (Å²) in [6.07, 6.45) is 2.72. The van der Waals surface area contributed by atoms with Gasteiger partial charge in [0.2, 0.25) is 5.13 Å². The molecule has 166 valence electrons. The number of thiazole rings is 1. The minimum Gasteiger partial charge on any atom is -0.369 e. The summed E-state index contributed by atoms with van der Waals surface area (Å²) in [5.41, 5.74) is 8.21. The highest BCUT2D eigenvalue weighted by Crippen LogP contribution is 2.32. The van der Waals surface area contributed by atoms with E-state index in [-0.39, 0.29) is 18.2 Å². The molecule has 0 radical (unpaired) electrons.